The minimum Gasteiger partial charge on any atom is -0.454 e. The molecule has 0 aliphatic rings. The molecule has 0 radical (unpaired) electrons. The maximum atomic E-state index is 12.8. The molecule has 0 unspecified atom stereocenters. The van der Waals surface area contributed by atoms with E-state index >= 15 is 0 Å². The lowest BCUT2D eigenvalue weighted by molar-refractivity contribution is -0.152. The average Bonchev–Trinajstić information content (AvgIpc) is 2.82. The molecule has 0 saturated heterocycles. The zero-order valence-electron chi connectivity index (χ0n) is 19.0. The Hall–Kier alpha value is -3.93. The summed E-state index contributed by atoms with van der Waals surface area (Å²) in [5.74, 6) is -0.819. The molecule has 0 bridgehead atoms. The molecular weight excluding hydrogens is 416 g/mol. The number of aromatic nitrogens is 1. The number of carbonyl (C=O) groups is 2. The molecule has 4 aromatic rings. The van der Waals surface area contributed by atoms with Crippen molar-refractivity contribution in [1.29, 1.82) is 0 Å². The van der Waals surface area contributed by atoms with Gasteiger partial charge in [-0.05, 0) is 49.2 Å². The van der Waals surface area contributed by atoms with Crippen LogP contribution in [0.2, 0.25) is 0 Å². The number of benzene rings is 3. The zero-order valence-corrected chi connectivity index (χ0v) is 19.0. The van der Waals surface area contributed by atoms with Crippen molar-refractivity contribution in [3.05, 3.63) is 93.6 Å². The van der Waals surface area contributed by atoms with Crippen LogP contribution in [-0.4, -0.2) is 35.0 Å². The number of pyridine rings is 1. The summed E-state index contributed by atoms with van der Waals surface area (Å²) in [5, 5.41) is 1.07. The van der Waals surface area contributed by atoms with E-state index in [4.69, 9.17) is 4.74 Å². The molecule has 6 nitrogen and oxygen atoms in total. The molecule has 0 spiro atoms. The van der Waals surface area contributed by atoms with Gasteiger partial charge in [-0.1, -0.05) is 48.0 Å². The SMILES string of the molecule is Cc1ccc(CN(C)C(=O)COC(=O)Cn2c3ccccc3c(=O)c3ccccc32)c(C)c1. The Kier molecular flexibility index (Phi) is 6.27. The van der Waals surface area contributed by atoms with Crippen LogP contribution >= 0.6 is 0 Å². The van der Waals surface area contributed by atoms with Gasteiger partial charge in [0, 0.05) is 24.4 Å². The summed E-state index contributed by atoms with van der Waals surface area (Å²) in [6.07, 6.45) is 0. The number of ether oxygens (including phenoxy) is 1. The second-order valence-corrected chi connectivity index (χ2v) is 8.29. The van der Waals surface area contributed by atoms with Gasteiger partial charge < -0.3 is 14.2 Å². The number of hydrogen-bond donors (Lipinski definition) is 0. The Morgan fingerprint density at radius 2 is 1.52 bits per heavy atom. The van der Waals surface area contributed by atoms with Crippen molar-refractivity contribution in [2.45, 2.75) is 26.9 Å². The highest BCUT2D eigenvalue weighted by Gasteiger charge is 2.16. The van der Waals surface area contributed by atoms with Gasteiger partial charge in [0.2, 0.25) is 0 Å². The van der Waals surface area contributed by atoms with E-state index in [9.17, 15) is 14.4 Å². The second kappa shape index (κ2) is 9.28. The van der Waals surface area contributed by atoms with Gasteiger partial charge in [0.25, 0.3) is 5.91 Å². The first-order chi connectivity index (χ1) is 15.8. The van der Waals surface area contributed by atoms with E-state index in [1.807, 2.05) is 38.1 Å². The summed E-state index contributed by atoms with van der Waals surface area (Å²) < 4.78 is 7.08. The summed E-state index contributed by atoms with van der Waals surface area (Å²) in [7, 11) is 1.69. The number of hydrogen-bond acceptors (Lipinski definition) is 4. The Morgan fingerprint density at radius 1 is 0.909 bits per heavy atom. The number of carbonyl (C=O) groups excluding carboxylic acids is 2. The molecule has 33 heavy (non-hydrogen) atoms. The predicted molar refractivity (Wildman–Crippen MR) is 129 cm³/mol. The predicted octanol–water partition coefficient (Wildman–Crippen LogP) is 3.97. The van der Waals surface area contributed by atoms with Crippen molar-refractivity contribution in [1.82, 2.24) is 9.47 Å². The molecule has 3 aromatic carbocycles. The van der Waals surface area contributed by atoms with E-state index in [0.29, 0.717) is 28.4 Å². The average molecular weight is 443 g/mol. The van der Waals surface area contributed by atoms with E-state index < -0.39 is 5.97 Å². The summed E-state index contributed by atoms with van der Waals surface area (Å²) >= 11 is 0. The van der Waals surface area contributed by atoms with Gasteiger partial charge in [0.05, 0.1) is 11.0 Å². The van der Waals surface area contributed by atoms with Crippen molar-refractivity contribution < 1.29 is 14.3 Å². The lowest BCUT2D eigenvalue weighted by Gasteiger charge is -2.19. The second-order valence-electron chi connectivity index (χ2n) is 8.29. The highest BCUT2D eigenvalue weighted by atomic mass is 16.5. The molecule has 0 aliphatic carbocycles. The van der Waals surface area contributed by atoms with Crippen LogP contribution in [0.3, 0.4) is 0 Å². The van der Waals surface area contributed by atoms with Crippen molar-refractivity contribution >= 4 is 33.7 Å². The number of nitrogens with zero attached hydrogens (tertiary/aromatic N) is 2. The van der Waals surface area contributed by atoms with Crippen LogP contribution in [0.5, 0.6) is 0 Å². The van der Waals surface area contributed by atoms with E-state index in [2.05, 4.69) is 6.07 Å². The van der Waals surface area contributed by atoms with Crippen LogP contribution < -0.4 is 5.43 Å². The molecule has 6 heteroatoms. The lowest BCUT2D eigenvalue weighted by Crippen LogP contribution is -2.31. The molecule has 0 fully saturated rings. The number of amides is 1. The van der Waals surface area contributed by atoms with Crippen molar-refractivity contribution in [2.75, 3.05) is 13.7 Å². The number of fused-ring (bicyclic) bond motifs is 2. The normalized spacial score (nSPS) is 11.0. The molecule has 168 valence electrons. The number of aryl methyl sites for hydroxylation is 2. The first-order valence-electron chi connectivity index (χ1n) is 10.8. The van der Waals surface area contributed by atoms with E-state index in [1.165, 1.54) is 5.56 Å². The third-order valence-corrected chi connectivity index (χ3v) is 5.85. The van der Waals surface area contributed by atoms with Crippen molar-refractivity contribution in [2.24, 2.45) is 0 Å². The number of esters is 1. The molecule has 4 rings (SSSR count). The van der Waals surface area contributed by atoms with Gasteiger partial charge in [0.1, 0.15) is 6.54 Å². The number of likely N-dealkylation sites (N-methyl/N-ethyl adjacent to an activating group) is 1. The van der Waals surface area contributed by atoms with Crippen LogP contribution in [0.25, 0.3) is 21.8 Å². The third-order valence-electron chi connectivity index (χ3n) is 5.85. The fourth-order valence-corrected chi connectivity index (χ4v) is 4.04. The largest absolute Gasteiger partial charge is 0.454 e. The molecule has 0 saturated carbocycles. The molecule has 1 amide bonds. The maximum Gasteiger partial charge on any atom is 0.326 e. The topological polar surface area (TPSA) is 68.6 Å². The fraction of sp³-hybridized carbons (Fsp3) is 0.222. The molecule has 1 heterocycles. The summed E-state index contributed by atoms with van der Waals surface area (Å²) in [6, 6.07) is 20.4. The van der Waals surface area contributed by atoms with Crippen molar-refractivity contribution in [3.63, 3.8) is 0 Å². The summed E-state index contributed by atoms with van der Waals surface area (Å²) in [4.78, 5) is 39.6. The molecular formula is C27H26N2O4. The number of para-hydroxylation sites is 2. The molecule has 0 N–H and O–H groups in total. The Bertz CT molecular complexity index is 1360. The Morgan fingerprint density at radius 3 is 2.12 bits per heavy atom. The summed E-state index contributed by atoms with van der Waals surface area (Å²) in [5.41, 5.74) is 4.56. The first kappa shape index (κ1) is 22.3. The van der Waals surface area contributed by atoms with Crippen LogP contribution in [0.1, 0.15) is 16.7 Å². The smallest absolute Gasteiger partial charge is 0.326 e. The highest BCUT2D eigenvalue weighted by molar-refractivity contribution is 5.94. The quantitative estimate of drug-likeness (QED) is 0.335. The van der Waals surface area contributed by atoms with Crippen LogP contribution in [-0.2, 0) is 27.4 Å². The minimum absolute atomic E-state index is 0.0750. The van der Waals surface area contributed by atoms with Crippen LogP contribution in [0.4, 0.5) is 0 Å². The van der Waals surface area contributed by atoms with Gasteiger partial charge in [0.15, 0.2) is 12.0 Å². The fourth-order valence-electron chi connectivity index (χ4n) is 4.04. The Labute approximate surface area is 192 Å². The number of rotatable bonds is 6. The van der Waals surface area contributed by atoms with Gasteiger partial charge in [-0.2, -0.15) is 0 Å². The first-order valence-corrected chi connectivity index (χ1v) is 10.8. The van der Waals surface area contributed by atoms with Gasteiger partial charge >= 0.3 is 5.97 Å². The van der Waals surface area contributed by atoms with E-state index in [0.717, 1.165) is 11.1 Å². The monoisotopic (exact) mass is 442 g/mol. The summed E-state index contributed by atoms with van der Waals surface area (Å²) in [6.45, 7) is 4.04. The molecule has 1 aromatic heterocycles. The van der Waals surface area contributed by atoms with E-state index in [-0.39, 0.29) is 24.5 Å². The van der Waals surface area contributed by atoms with Crippen LogP contribution in [0, 0.1) is 13.8 Å². The zero-order chi connectivity index (χ0) is 23.5. The molecule has 0 atom stereocenters. The Balaban J connectivity index is 1.48. The maximum absolute atomic E-state index is 12.8. The van der Waals surface area contributed by atoms with Crippen LogP contribution in [0.15, 0.2) is 71.5 Å². The van der Waals surface area contributed by atoms with E-state index in [1.54, 1.807) is 52.9 Å². The lowest BCUT2D eigenvalue weighted by atomic mass is 10.1. The molecule has 0 aliphatic heterocycles. The third kappa shape index (κ3) is 4.65. The highest BCUT2D eigenvalue weighted by Crippen LogP contribution is 2.19. The van der Waals surface area contributed by atoms with Gasteiger partial charge in [-0.25, -0.2) is 0 Å². The van der Waals surface area contributed by atoms with Gasteiger partial charge in [-0.3, -0.25) is 14.4 Å². The standard InChI is InChI=1S/C27H26N2O4/c1-18-12-13-20(19(2)14-18)15-28(3)25(30)17-33-26(31)16-29-23-10-6-4-8-21(23)27(32)22-9-5-7-11-24(22)29/h4-14H,15-17H2,1-3H3. The van der Waals surface area contributed by atoms with Gasteiger partial charge in [-0.15, -0.1) is 0 Å². The van der Waals surface area contributed by atoms with Crippen molar-refractivity contribution in [3.8, 4) is 0 Å². The minimum atomic E-state index is -0.540.